The van der Waals surface area contributed by atoms with Gasteiger partial charge in [-0.15, -0.1) is 11.6 Å². The van der Waals surface area contributed by atoms with E-state index in [9.17, 15) is 0 Å². The Hall–Kier alpha value is -0.210. The van der Waals surface area contributed by atoms with Gasteiger partial charge >= 0.3 is 0 Å². The first-order chi connectivity index (χ1) is 7.51. The molecule has 0 aromatic carbocycles. The van der Waals surface area contributed by atoms with Crippen molar-refractivity contribution in [1.82, 2.24) is 9.78 Å². The minimum absolute atomic E-state index is 0.459. The minimum Gasteiger partial charge on any atom is -0.268 e. The van der Waals surface area contributed by atoms with E-state index >= 15 is 0 Å². The molecule has 92 valence electrons. The van der Waals surface area contributed by atoms with Crippen LogP contribution in [0.2, 0.25) is 5.02 Å². The molecule has 2 nitrogen and oxygen atoms in total. The summed E-state index contributed by atoms with van der Waals surface area (Å²) in [4.78, 5) is 0. The number of rotatable bonds is 5. The van der Waals surface area contributed by atoms with Crippen LogP contribution >= 0.6 is 23.2 Å². The van der Waals surface area contributed by atoms with E-state index in [-0.39, 0.29) is 0 Å². The van der Waals surface area contributed by atoms with Crippen molar-refractivity contribution >= 4 is 23.2 Å². The van der Waals surface area contributed by atoms with Crippen LogP contribution in [0.4, 0.5) is 0 Å². The smallest absolute Gasteiger partial charge is 0.0847 e. The molecule has 0 aliphatic heterocycles. The molecule has 0 fully saturated rings. The van der Waals surface area contributed by atoms with Crippen molar-refractivity contribution in [1.29, 1.82) is 0 Å². The number of hydrogen-bond acceptors (Lipinski definition) is 1. The van der Waals surface area contributed by atoms with Crippen LogP contribution in [-0.4, -0.2) is 15.7 Å². The maximum absolute atomic E-state index is 6.27. The summed E-state index contributed by atoms with van der Waals surface area (Å²) in [5, 5.41) is 5.22. The average molecular weight is 263 g/mol. The number of nitrogens with zero attached hydrogens (tertiary/aromatic N) is 2. The van der Waals surface area contributed by atoms with E-state index in [4.69, 9.17) is 23.2 Å². The molecular weight excluding hydrogens is 243 g/mol. The Labute approximate surface area is 108 Å². The molecule has 0 radical (unpaired) electrons. The third-order valence-electron chi connectivity index (χ3n) is 3.05. The number of alkyl halides is 1. The number of aryl methyl sites for hydroxylation is 2. The van der Waals surface area contributed by atoms with Gasteiger partial charge in [-0.05, 0) is 32.1 Å². The maximum Gasteiger partial charge on any atom is 0.0847 e. The molecule has 1 heterocycles. The predicted octanol–water partition coefficient (Wildman–Crippen LogP) is 3.92. The Bertz CT molecular complexity index is 345. The largest absolute Gasteiger partial charge is 0.268 e. The first-order valence-electron chi connectivity index (χ1n) is 5.78. The summed E-state index contributed by atoms with van der Waals surface area (Å²) in [6.07, 6.45) is 0.911. The summed E-state index contributed by atoms with van der Waals surface area (Å²) < 4.78 is 1.99. The van der Waals surface area contributed by atoms with E-state index in [0.717, 1.165) is 29.4 Å². The molecule has 1 rings (SSSR count). The van der Waals surface area contributed by atoms with Crippen molar-refractivity contribution in [3.05, 3.63) is 16.4 Å². The molecule has 1 unspecified atom stereocenters. The molecule has 0 aliphatic carbocycles. The van der Waals surface area contributed by atoms with Gasteiger partial charge in [-0.3, -0.25) is 4.68 Å². The molecule has 1 aromatic rings. The van der Waals surface area contributed by atoms with Gasteiger partial charge in [0.2, 0.25) is 0 Å². The highest BCUT2D eigenvalue weighted by atomic mass is 35.5. The Morgan fingerprint density at radius 1 is 1.38 bits per heavy atom. The number of halogens is 2. The zero-order valence-corrected chi connectivity index (χ0v) is 11.9. The molecule has 0 saturated carbocycles. The van der Waals surface area contributed by atoms with Crippen LogP contribution < -0.4 is 0 Å². The summed E-state index contributed by atoms with van der Waals surface area (Å²) in [5.74, 6) is 1.69. The van der Waals surface area contributed by atoms with Crippen molar-refractivity contribution in [3.8, 4) is 0 Å². The van der Waals surface area contributed by atoms with E-state index in [1.165, 1.54) is 0 Å². The first kappa shape index (κ1) is 13.9. The fourth-order valence-corrected chi connectivity index (χ4v) is 2.46. The molecule has 0 amide bonds. The number of aromatic nitrogens is 2. The highest BCUT2D eigenvalue weighted by Gasteiger charge is 2.19. The molecule has 0 bridgehead atoms. The van der Waals surface area contributed by atoms with Gasteiger partial charge in [0.25, 0.3) is 0 Å². The summed E-state index contributed by atoms with van der Waals surface area (Å²) in [6, 6.07) is 0. The van der Waals surface area contributed by atoms with Gasteiger partial charge < -0.3 is 0 Å². The highest BCUT2D eigenvalue weighted by molar-refractivity contribution is 6.31. The third kappa shape index (κ3) is 2.92. The van der Waals surface area contributed by atoms with Crippen LogP contribution in [-0.2, 0) is 13.0 Å². The van der Waals surface area contributed by atoms with Gasteiger partial charge in [-0.2, -0.15) is 5.10 Å². The Morgan fingerprint density at radius 3 is 2.44 bits per heavy atom. The summed E-state index contributed by atoms with van der Waals surface area (Å²) in [7, 11) is 0. The second-order valence-corrected chi connectivity index (χ2v) is 5.21. The van der Waals surface area contributed by atoms with E-state index in [2.05, 4.69) is 25.9 Å². The van der Waals surface area contributed by atoms with Gasteiger partial charge in [0, 0.05) is 12.4 Å². The van der Waals surface area contributed by atoms with E-state index in [1.54, 1.807) is 0 Å². The second kappa shape index (κ2) is 5.92. The van der Waals surface area contributed by atoms with Crippen LogP contribution in [0.3, 0.4) is 0 Å². The topological polar surface area (TPSA) is 17.8 Å². The van der Waals surface area contributed by atoms with Crippen molar-refractivity contribution in [2.75, 3.05) is 5.88 Å². The molecule has 1 atom stereocenters. The van der Waals surface area contributed by atoms with Crippen LogP contribution in [0.25, 0.3) is 0 Å². The zero-order valence-electron chi connectivity index (χ0n) is 10.4. The monoisotopic (exact) mass is 262 g/mol. The van der Waals surface area contributed by atoms with Gasteiger partial charge in [-0.1, -0.05) is 25.4 Å². The molecule has 0 N–H and O–H groups in total. The quantitative estimate of drug-likeness (QED) is 0.736. The van der Waals surface area contributed by atoms with Gasteiger partial charge in [0.1, 0.15) is 0 Å². The average Bonchev–Trinajstić information content (AvgIpc) is 2.51. The minimum atomic E-state index is 0.459. The lowest BCUT2D eigenvalue weighted by molar-refractivity contribution is 0.408. The molecule has 1 aromatic heterocycles. The van der Waals surface area contributed by atoms with Crippen LogP contribution in [0.1, 0.15) is 32.2 Å². The lowest BCUT2D eigenvalue weighted by atomic mass is 9.93. The third-order valence-corrected chi connectivity index (χ3v) is 3.94. The Balaban J connectivity index is 2.94. The van der Waals surface area contributed by atoms with E-state index in [1.807, 2.05) is 11.6 Å². The summed E-state index contributed by atoms with van der Waals surface area (Å²) in [6.45, 7) is 9.28. The Kier molecular flexibility index (Phi) is 5.13. The fraction of sp³-hybridized carbons (Fsp3) is 0.750. The van der Waals surface area contributed by atoms with Gasteiger partial charge in [0.05, 0.1) is 16.4 Å². The normalized spacial score (nSPS) is 13.4. The molecule has 4 heteroatoms. The van der Waals surface area contributed by atoms with Crippen molar-refractivity contribution in [2.45, 2.75) is 40.7 Å². The van der Waals surface area contributed by atoms with Crippen LogP contribution in [0.15, 0.2) is 0 Å². The molecule has 0 aliphatic rings. The fourth-order valence-electron chi connectivity index (χ4n) is 1.78. The number of hydrogen-bond donors (Lipinski definition) is 0. The van der Waals surface area contributed by atoms with Crippen LogP contribution in [0, 0.1) is 18.8 Å². The second-order valence-electron chi connectivity index (χ2n) is 4.52. The molecule has 0 saturated heterocycles. The predicted molar refractivity (Wildman–Crippen MR) is 70.4 cm³/mol. The maximum atomic E-state index is 6.27. The SMILES string of the molecule is CCn1nc(C)c(Cl)c1CC(CCl)C(C)C. The van der Waals surface area contributed by atoms with Crippen molar-refractivity contribution in [2.24, 2.45) is 11.8 Å². The van der Waals surface area contributed by atoms with E-state index < -0.39 is 0 Å². The Morgan fingerprint density at radius 2 is 2.00 bits per heavy atom. The van der Waals surface area contributed by atoms with Crippen LogP contribution in [0.5, 0.6) is 0 Å². The summed E-state index contributed by atoms with van der Waals surface area (Å²) >= 11 is 12.3. The lowest BCUT2D eigenvalue weighted by Gasteiger charge is -2.18. The first-order valence-corrected chi connectivity index (χ1v) is 6.70. The van der Waals surface area contributed by atoms with Crippen molar-refractivity contribution < 1.29 is 0 Å². The standard InChI is InChI=1S/C12H20Cl2N2/c1-5-16-11(12(14)9(4)15-16)6-10(7-13)8(2)3/h8,10H,5-7H2,1-4H3. The zero-order chi connectivity index (χ0) is 12.3. The summed E-state index contributed by atoms with van der Waals surface area (Å²) in [5.41, 5.74) is 2.04. The van der Waals surface area contributed by atoms with Gasteiger partial charge in [-0.25, -0.2) is 0 Å². The molecule has 16 heavy (non-hydrogen) atoms. The highest BCUT2D eigenvalue weighted by Crippen LogP contribution is 2.26. The van der Waals surface area contributed by atoms with Gasteiger partial charge in [0.15, 0.2) is 0 Å². The molecular formula is C12H20Cl2N2. The van der Waals surface area contributed by atoms with Crippen molar-refractivity contribution in [3.63, 3.8) is 0 Å². The lowest BCUT2D eigenvalue weighted by Crippen LogP contribution is -2.16. The van der Waals surface area contributed by atoms with E-state index in [0.29, 0.717) is 17.7 Å². The molecule has 0 spiro atoms.